The number of pyridine rings is 1. The van der Waals surface area contributed by atoms with Gasteiger partial charge in [0, 0.05) is 43.5 Å². The Balaban J connectivity index is 1.61. The number of aryl methyl sites for hydroxylation is 2. The summed E-state index contributed by atoms with van der Waals surface area (Å²) in [7, 11) is 3.38. The maximum absolute atomic E-state index is 12.6. The molecule has 0 radical (unpaired) electrons. The lowest BCUT2D eigenvalue weighted by Gasteiger charge is -2.15. The largest absolute Gasteiger partial charge is 0.490 e. The second kappa shape index (κ2) is 12.8. The smallest absolute Gasteiger partial charge is 0.319 e. The molecule has 0 saturated heterocycles. The number of amides is 3. The molecule has 2 aromatic carbocycles. The molecular weight excluding hydrogens is 482 g/mol. The number of anilines is 1. The molecule has 0 unspecified atom stereocenters. The summed E-state index contributed by atoms with van der Waals surface area (Å²) in [5, 5.41) is 11.8. The molecule has 9 nitrogen and oxygen atoms in total. The van der Waals surface area contributed by atoms with Gasteiger partial charge in [-0.25, -0.2) is 4.79 Å². The van der Waals surface area contributed by atoms with E-state index in [1.54, 1.807) is 31.3 Å². The Morgan fingerprint density at radius 2 is 1.81 bits per heavy atom. The molecule has 1 heterocycles. The predicted octanol–water partition coefficient (Wildman–Crippen LogP) is 4.42. The molecule has 3 amide bonds. The molecule has 3 rings (SSSR count). The van der Waals surface area contributed by atoms with Crippen molar-refractivity contribution in [1.29, 1.82) is 0 Å². The van der Waals surface area contributed by atoms with Gasteiger partial charge in [0.25, 0.3) is 5.91 Å². The van der Waals surface area contributed by atoms with Crippen LogP contribution in [0.2, 0.25) is 5.02 Å². The van der Waals surface area contributed by atoms with Gasteiger partial charge in [0.05, 0.1) is 5.69 Å². The summed E-state index contributed by atoms with van der Waals surface area (Å²) in [4.78, 5) is 28.4. The van der Waals surface area contributed by atoms with Gasteiger partial charge in [0.2, 0.25) is 0 Å². The van der Waals surface area contributed by atoms with E-state index in [2.05, 4.69) is 26.3 Å². The highest BCUT2D eigenvalue weighted by atomic mass is 35.5. The Hall–Kier alpha value is -3.82. The van der Waals surface area contributed by atoms with Crippen LogP contribution in [0, 0.1) is 13.8 Å². The number of carbonyl (C=O) groups is 2. The third-order valence-electron chi connectivity index (χ3n) is 5.23. The molecule has 0 spiro atoms. The Morgan fingerprint density at radius 1 is 1.00 bits per heavy atom. The van der Waals surface area contributed by atoms with Gasteiger partial charge in [-0.2, -0.15) is 0 Å². The van der Waals surface area contributed by atoms with E-state index in [0.717, 1.165) is 16.7 Å². The van der Waals surface area contributed by atoms with Crippen LogP contribution in [0.15, 0.2) is 48.7 Å². The fraction of sp³-hybridized carbons (Fsp3) is 0.269. The monoisotopic (exact) mass is 511 g/mol. The molecule has 0 fully saturated rings. The van der Waals surface area contributed by atoms with Gasteiger partial charge in [-0.05, 0) is 55.8 Å². The number of carbonyl (C=O) groups excluding carboxylic acids is 2. The molecule has 0 aliphatic carbocycles. The SMILES string of the molecule is CNCCOc1cc(Cl)c(C)cc1NC(=O)NCc1ccc(Oc2ccnc(C(=O)NC)c2)c(C)c1. The van der Waals surface area contributed by atoms with E-state index < -0.39 is 0 Å². The highest BCUT2D eigenvalue weighted by Gasteiger charge is 2.12. The molecule has 4 N–H and O–H groups in total. The Morgan fingerprint density at radius 3 is 2.53 bits per heavy atom. The first kappa shape index (κ1) is 26.8. The van der Waals surface area contributed by atoms with E-state index in [1.165, 1.54) is 6.20 Å². The first-order valence-corrected chi connectivity index (χ1v) is 11.8. The first-order valence-electron chi connectivity index (χ1n) is 11.4. The Bertz CT molecular complexity index is 1230. The van der Waals surface area contributed by atoms with Gasteiger partial charge in [0.1, 0.15) is 29.5 Å². The molecule has 0 aliphatic heterocycles. The van der Waals surface area contributed by atoms with E-state index in [0.29, 0.717) is 47.7 Å². The van der Waals surface area contributed by atoms with Crippen molar-refractivity contribution >= 4 is 29.2 Å². The number of nitrogens with one attached hydrogen (secondary N) is 4. The van der Waals surface area contributed by atoms with Crippen molar-refractivity contribution in [2.24, 2.45) is 0 Å². The van der Waals surface area contributed by atoms with Crippen LogP contribution >= 0.6 is 11.6 Å². The molecule has 0 atom stereocenters. The molecule has 3 aromatic rings. The van der Waals surface area contributed by atoms with Crippen LogP contribution in [0.25, 0.3) is 0 Å². The fourth-order valence-corrected chi connectivity index (χ4v) is 3.44. The van der Waals surface area contributed by atoms with E-state index in [9.17, 15) is 9.59 Å². The second-order valence-electron chi connectivity index (χ2n) is 8.02. The summed E-state index contributed by atoms with van der Waals surface area (Å²) < 4.78 is 11.7. The van der Waals surface area contributed by atoms with E-state index in [1.807, 2.05) is 39.1 Å². The number of aromatic nitrogens is 1. The van der Waals surface area contributed by atoms with Crippen LogP contribution in [0.1, 0.15) is 27.2 Å². The zero-order chi connectivity index (χ0) is 26.1. The molecular formula is C26H30ClN5O4. The van der Waals surface area contributed by atoms with Crippen LogP contribution in [-0.4, -0.2) is 44.2 Å². The van der Waals surface area contributed by atoms with Gasteiger partial charge in [-0.3, -0.25) is 9.78 Å². The standard InChI is InChI=1S/C26H30ClN5O4/c1-16-12-21(24(14-20(16)27)35-10-9-28-3)32-26(34)31-15-18-5-6-23(17(2)11-18)36-19-7-8-30-22(13-19)25(33)29-4/h5-8,11-14,28H,9-10,15H2,1-4H3,(H,29,33)(H2,31,32,34). The van der Waals surface area contributed by atoms with E-state index in [-0.39, 0.29) is 17.6 Å². The predicted molar refractivity (Wildman–Crippen MR) is 140 cm³/mol. The third-order valence-corrected chi connectivity index (χ3v) is 5.64. The average molecular weight is 512 g/mol. The number of halogens is 1. The van der Waals surface area contributed by atoms with Crippen molar-refractivity contribution in [3.05, 3.63) is 76.1 Å². The highest BCUT2D eigenvalue weighted by Crippen LogP contribution is 2.31. The Kier molecular flexibility index (Phi) is 9.49. The first-order chi connectivity index (χ1) is 17.3. The summed E-state index contributed by atoms with van der Waals surface area (Å²) in [6, 6.07) is 12.0. The number of likely N-dealkylation sites (N-methyl/N-ethyl adjacent to an activating group) is 1. The number of hydrogen-bond donors (Lipinski definition) is 4. The lowest BCUT2D eigenvalue weighted by atomic mass is 10.1. The van der Waals surface area contributed by atoms with Crippen molar-refractivity contribution in [2.45, 2.75) is 20.4 Å². The third kappa shape index (κ3) is 7.34. The number of benzene rings is 2. The fourth-order valence-electron chi connectivity index (χ4n) is 3.28. The van der Waals surface area contributed by atoms with E-state index >= 15 is 0 Å². The summed E-state index contributed by atoms with van der Waals surface area (Å²) in [5.41, 5.74) is 3.41. The highest BCUT2D eigenvalue weighted by molar-refractivity contribution is 6.31. The van der Waals surface area contributed by atoms with Crippen LogP contribution in [-0.2, 0) is 6.54 Å². The quantitative estimate of drug-likeness (QED) is 0.300. The second-order valence-corrected chi connectivity index (χ2v) is 8.42. The lowest BCUT2D eigenvalue weighted by Crippen LogP contribution is -2.28. The Labute approximate surface area is 215 Å². The minimum Gasteiger partial charge on any atom is -0.490 e. The van der Waals surface area contributed by atoms with Crippen LogP contribution < -0.4 is 30.7 Å². The van der Waals surface area contributed by atoms with Crippen molar-refractivity contribution in [1.82, 2.24) is 20.9 Å². The molecule has 0 aliphatic rings. The number of urea groups is 1. The summed E-state index contributed by atoms with van der Waals surface area (Å²) in [5.74, 6) is 1.35. The normalized spacial score (nSPS) is 10.5. The number of nitrogens with zero attached hydrogens (tertiary/aromatic N) is 1. The van der Waals surface area contributed by atoms with Crippen LogP contribution in [0.4, 0.5) is 10.5 Å². The minimum atomic E-state index is -0.369. The molecule has 0 saturated carbocycles. The molecule has 0 bridgehead atoms. The molecule has 190 valence electrons. The maximum atomic E-state index is 12.6. The lowest BCUT2D eigenvalue weighted by molar-refractivity contribution is 0.0958. The molecule has 36 heavy (non-hydrogen) atoms. The summed E-state index contributed by atoms with van der Waals surface area (Å²) >= 11 is 6.23. The molecule has 1 aromatic heterocycles. The van der Waals surface area contributed by atoms with Gasteiger partial charge in [-0.15, -0.1) is 0 Å². The minimum absolute atomic E-state index is 0.269. The topological polar surface area (TPSA) is 114 Å². The number of ether oxygens (including phenoxy) is 2. The van der Waals surface area contributed by atoms with Crippen molar-refractivity contribution in [2.75, 3.05) is 32.6 Å². The van der Waals surface area contributed by atoms with Crippen LogP contribution in [0.3, 0.4) is 0 Å². The number of rotatable bonds is 10. The maximum Gasteiger partial charge on any atom is 0.319 e. The van der Waals surface area contributed by atoms with Gasteiger partial charge in [-0.1, -0.05) is 23.7 Å². The summed E-state index contributed by atoms with van der Waals surface area (Å²) in [6.45, 7) is 5.18. The number of hydrogen-bond acceptors (Lipinski definition) is 6. The van der Waals surface area contributed by atoms with E-state index in [4.69, 9.17) is 21.1 Å². The van der Waals surface area contributed by atoms with Crippen molar-refractivity contribution in [3.8, 4) is 17.2 Å². The zero-order valence-electron chi connectivity index (χ0n) is 20.7. The van der Waals surface area contributed by atoms with Gasteiger partial charge in [0.15, 0.2) is 0 Å². The van der Waals surface area contributed by atoms with Crippen molar-refractivity contribution < 1.29 is 19.1 Å². The zero-order valence-corrected chi connectivity index (χ0v) is 21.5. The van der Waals surface area contributed by atoms with Gasteiger partial charge < -0.3 is 30.7 Å². The van der Waals surface area contributed by atoms with Gasteiger partial charge >= 0.3 is 6.03 Å². The molecule has 10 heteroatoms. The van der Waals surface area contributed by atoms with Crippen molar-refractivity contribution in [3.63, 3.8) is 0 Å². The summed E-state index contributed by atoms with van der Waals surface area (Å²) in [6.07, 6.45) is 1.52. The average Bonchev–Trinajstić information content (AvgIpc) is 2.87. The van der Waals surface area contributed by atoms with Crippen LogP contribution in [0.5, 0.6) is 17.2 Å².